The first-order valence-electron chi connectivity index (χ1n) is 8.13. The Balaban J connectivity index is 1.82. The van der Waals surface area contributed by atoms with Gasteiger partial charge in [-0.25, -0.2) is 0 Å². The van der Waals surface area contributed by atoms with E-state index < -0.39 is 17.8 Å². The Morgan fingerprint density at radius 2 is 1.73 bits per heavy atom. The summed E-state index contributed by atoms with van der Waals surface area (Å²) >= 11 is 0. The molecular formula is C19H21F3N2O2. The quantitative estimate of drug-likeness (QED) is 0.804. The molecule has 0 aliphatic heterocycles. The number of alkyl halides is 3. The van der Waals surface area contributed by atoms with Gasteiger partial charge in [-0.2, -0.15) is 13.2 Å². The molecule has 140 valence electrons. The molecule has 0 saturated carbocycles. The number of likely N-dealkylation sites (N-methyl/N-ethyl adjacent to an activating group) is 1. The molecule has 0 unspecified atom stereocenters. The molecule has 1 amide bonds. The molecule has 0 radical (unpaired) electrons. The van der Waals surface area contributed by atoms with Crippen molar-refractivity contribution in [2.75, 3.05) is 25.5 Å². The smallest absolute Gasteiger partial charge is 0.416 e. The number of carbonyl (C=O) groups excluding carboxylic acids is 1. The van der Waals surface area contributed by atoms with Crippen LogP contribution in [0.4, 0.5) is 18.9 Å². The molecule has 0 bridgehead atoms. The van der Waals surface area contributed by atoms with Crippen LogP contribution in [0.5, 0.6) is 5.75 Å². The third-order valence-corrected chi connectivity index (χ3v) is 3.98. The predicted molar refractivity (Wildman–Crippen MR) is 94.1 cm³/mol. The minimum absolute atomic E-state index is 0.299. The van der Waals surface area contributed by atoms with Crippen LogP contribution in [0.3, 0.4) is 0 Å². The monoisotopic (exact) mass is 366 g/mol. The molecule has 2 aromatic rings. The highest BCUT2D eigenvalue weighted by molar-refractivity contribution is 5.94. The number of carbonyl (C=O) groups is 1. The number of hydrogen-bond donors (Lipinski definition) is 1. The minimum Gasteiger partial charge on any atom is -0.492 e. The molecule has 0 aliphatic carbocycles. The van der Waals surface area contributed by atoms with E-state index in [1.54, 1.807) is 14.0 Å². The lowest BCUT2D eigenvalue weighted by Crippen LogP contribution is -2.41. The van der Waals surface area contributed by atoms with Crippen LogP contribution in [0.25, 0.3) is 0 Å². The first-order chi connectivity index (χ1) is 12.3. The molecule has 0 heterocycles. The maximum atomic E-state index is 12.6. The van der Waals surface area contributed by atoms with Gasteiger partial charge in [-0.1, -0.05) is 18.2 Å². The summed E-state index contributed by atoms with van der Waals surface area (Å²) in [5.41, 5.74) is -0.428. The maximum absolute atomic E-state index is 12.6. The van der Waals surface area contributed by atoms with Crippen molar-refractivity contribution in [1.82, 2.24) is 4.90 Å². The van der Waals surface area contributed by atoms with Crippen LogP contribution in [0.1, 0.15) is 12.5 Å². The van der Waals surface area contributed by atoms with E-state index >= 15 is 0 Å². The van der Waals surface area contributed by atoms with E-state index in [1.165, 1.54) is 12.1 Å². The lowest BCUT2D eigenvalue weighted by atomic mass is 10.2. The Kier molecular flexibility index (Phi) is 6.63. The molecule has 2 aromatic carbocycles. The highest BCUT2D eigenvalue weighted by atomic mass is 19.4. The predicted octanol–water partition coefficient (Wildman–Crippen LogP) is 4.04. The third-order valence-electron chi connectivity index (χ3n) is 3.98. The second kappa shape index (κ2) is 8.71. The van der Waals surface area contributed by atoms with Crippen LogP contribution in [0, 0.1) is 0 Å². The molecule has 0 spiro atoms. The summed E-state index contributed by atoms with van der Waals surface area (Å²) in [5, 5.41) is 2.62. The molecular weight excluding hydrogens is 345 g/mol. The van der Waals surface area contributed by atoms with Crippen molar-refractivity contribution in [1.29, 1.82) is 0 Å². The van der Waals surface area contributed by atoms with Gasteiger partial charge < -0.3 is 10.1 Å². The number of amides is 1. The molecule has 0 aromatic heterocycles. The van der Waals surface area contributed by atoms with Gasteiger partial charge in [-0.15, -0.1) is 0 Å². The number of nitrogens with zero attached hydrogens (tertiary/aromatic N) is 1. The van der Waals surface area contributed by atoms with E-state index in [0.717, 1.165) is 17.9 Å². The van der Waals surface area contributed by atoms with Crippen molar-refractivity contribution in [3.05, 3.63) is 60.2 Å². The Bertz CT molecular complexity index is 703. The van der Waals surface area contributed by atoms with Crippen molar-refractivity contribution in [2.24, 2.45) is 0 Å². The molecule has 0 aliphatic rings. The molecule has 4 nitrogen and oxygen atoms in total. The molecule has 1 atom stereocenters. The summed E-state index contributed by atoms with van der Waals surface area (Å²) in [5.74, 6) is 0.453. The van der Waals surface area contributed by atoms with Crippen LogP contribution < -0.4 is 10.1 Å². The summed E-state index contributed by atoms with van der Waals surface area (Å²) < 4.78 is 43.2. The number of rotatable bonds is 7. The number of para-hydroxylation sites is 1. The molecule has 1 N–H and O–H groups in total. The van der Waals surface area contributed by atoms with Crippen LogP contribution in [-0.4, -0.2) is 37.0 Å². The second-order valence-corrected chi connectivity index (χ2v) is 5.88. The topological polar surface area (TPSA) is 41.6 Å². The molecule has 0 saturated heterocycles. The van der Waals surface area contributed by atoms with Crippen molar-refractivity contribution in [2.45, 2.75) is 19.1 Å². The van der Waals surface area contributed by atoms with Gasteiger partial charge in [0.05, 0.1) is 11.6 Å². The number of anilines is 1. The number of benzene rings is 2. The van der Waals surface area contributed by atoms with E-state index in [9.17, 15) is 18.0 Å². The summed E-state index contributed by atoms with van der Waals surface area (Å²) in [6.45, 7) is 2.66. The van der Waals surface area contributed by atoms with Crippen LogP contribution in [-0.2, 0) is 11.0 Å². The van der Waals surface area contributed by atoms with Crippen molar-refractivity contribution < 1.29 is 22.7 Å². The van der Waals surface area contributed by atoms with Crippen molar-refractivity contribution in [3.8, 4) is 5.75 Å². The number of nitrogens with one attached hydrogen (secondary N) is 1. The van der Waals surface area contributed by atoms with Gasteiger partial charge in [0.15, 0.2) is 0 Å². The molecule has 26 heavy (non-hydrogen) atoms. The SMILES string of the molecule is C[C@@H](C(=O)Nc1ccc(C(F)(F)F)cc1)N(C)CCOc1ccccc1. The zero-order valence-corrected chi connectivity index (χ0v) is 14.6. The second-order valence-electron chi connectivity index (χ2n) is 5.88. The van der Waals surface area contributed by atoms with E-state index in [1.807, 2.05) is 35.2 Å². The average Bonchev–Trinajstić information content (AvgIpc) is 2.61. The fourth-order valence-corrected chi connectivity index (χ4v) is 2.21. The first-order valence-corrected chi connectivity index (χ1v) is 8.13. The summed E-state index contributed by atoms with van der Waals surface area (Å²) in [6, 6.07) is 13.2. The van der Waals surface area contributed by atoms with E-state index in [-0.39, 0.29) is 5.91 Å². The first kappa shape index (κ1) is 19.8. The Labute approximate surface area is 150 Å². The molecule has 2 rings (SSSR count). The standard InChI is InChI=1S/C19H21F3N2O2/c1-14(24(2)12-13-26-17-6-4-3-5-7-17)18(25)23-16-10-8-15(9-11-16)19(20,21)22/h3-11,14H,12-13H2,1-2H3,(H,23,25)/t14-/m0/s1. The molecule has 7 heteroatoms. The van der Waals surface area contributed by atoms with Gasteiger partial charge in [-0.3, -0.25) is 9.69 Å². The summed E-state index contributed by atoms with van der Waals surface area (Å²) in [4.78, 5) is 14.1. The van der Waals surface area contributed by atoms with Crippen molar-refractivity contribution in [3.63, 3.8) is 0 Å². The van der Waals surface area contributed by atoms with Gasteiger partial charge in [0.2, 0.25) is 5.91 Å². The highest BCUT2D eigenvalue weighted by Crippen LogP contribution is 2.29. The fourth-order valence-electron chi connectivity index (χ4n) is 2.21. The van der Waals surface area contributed by atoms with Crippen LogP contribution in [0.2, 0.25) is 0 Å². The number of ether oxygens (including phenoxy) is 1. The van der Waals surface area contributed by atoms with Gasteiger partial charge in [0, 0.05) is 12.2 Å². The third kappa shape index (κ3) is 5.77. The Morgan fingerprint density at radius 1 is 1.12 bits per heavy atom. The zero-order chi connectivity index (χ0) is 19.2. The number of halogens is 3. The van der Waals surface area contributed by atoms with E-state index in [2.05, 4.69) is 5.32 Å². The van der Waals surface area contributed by atoms with Gasteiger partial charge in [0.25, 0.3) is 0 Å². The van der Waals surface area contributed by atoms with Gasteiger partial charge in [0.1, 0.15) is 12.4 Å². The lowest BCUT2D eigenvalue weighted by molar-refractivity contribution is -0.137. The summed E-state index contributed by atoms with van der Waals surface area (Å²) in [7, 11) is 1.78. The normalized spacial score (nSPS) is 12.7. The molecule has 0 fully saturated rings. The fraction of sp³-hybridized carbons (Fsp3) is 0.316. The highest BCUT2D eigenvalue weighted by Gasteiger charge is 2.30. The zero-order valence-electron chi connectivity index (χ0n) is 14.6. The van der Waals surface area contributed by atoms with Gasteiger partial charge >= 0.3 is 6.18 Å². The van der Waals surface area contributed by atoms with Crippen LogP contribution >= 0.6 is 0 Å². The van der Waals surface area contributed by atoms with Gasteiger partial charge in [-0.05, 0) is 50.4 Å². The summed E-state index contributed by atoms with van der Waals surface area (Å²) in [6.07, 6.45) is -4.39. The lowest BCUT2D eigenvalue weighted by Gasteiger charge is -2.24. The van der Waals surface area contributed by atoms with Crippen LogP contribution in [0.15, 0.2) is 54.6 Å². The Hall–Kier alpha value is -2.54. The van der Waals surface area contributed by atoms with E-state index in [0.29, 0.717) is 18.8 Å². The average molecular weight is 366 g/mol. The largest absolute Gasteiger partial charge is 0.492 e. The number of hydrogen-bond acceptors (Lipinski definition) is 3. The Morgan fingerprint density at radius 3 is 2.31 bits per heavy atom. The van der Waals surface area contributed by atoms with E-state index in [4.69, 9.17) is 4.74 Å². The minimum atomic E-state index is -4.39. The van der Waals surface area contributed by atoms with Crippen molar-refractivity contribution >= 4 is 11.6 Å². The maximum Gasteiger partial charge on any atom is 0.416 e.